The van der Waals surface area contributed by atoms with Gasteiger partial charge in [0.25, 0.3) is 0 Å². The van der Waals surface area contributed by atoms with Crippen LogP contribution in [0.1, 0.15) is 32.3 Å². The summed E-state index contributed by atoms with van der Waals surface area (Å²) in [7, 11) is 0. The standard InChI is InChI=1S/C15H23NO2/c1-3-17-14-7-5-13(6-8-14)11-16-12-15(2)9-4-10-18-15/h5-8,16H,3-4,9-12H2,1-2H3. The van der Waals surface area contributed by atoms with E-state index >= 15 is 0 Å². The normalized spacial score (nSPS) is 23.2. The van der Waals surface area contributed by atoms with E-state index < -0.39 is 0 Å². The Hall–Kier alpha value is -1.06. The maximum atomic E-state index is 5.75. The molecule has 0 saturated carbocycles. The Kier molecular flexibility index (Phi) is 4.61. The number of hydrogen-bond acceptors (Lipinski definition) is 3. The highest BCUT2D eigenvalue weighted by atomic mass is 16.5. The number of ether oxygens (including phenoxy) is 2. The molecule has 0 aliphatic carbocycles. The van der Waals surface area contributed by atoms with E-state index in [-0.39, 0.29) is 5.60 Å². The van der Waals surface area contributed by atoms with Gasteiger partial charge in [-0.25, -0.2) is 0 Å². The molecule has 1 aliphatic rings. The second-order valence-electron chi connectivity index (χ2n) is 5.08. The van der Waals surface area contributed by atoms with Crippen LogP contribution in [0.25, 0.3) is 0 Å². The second-order valence-corrected chi connectivity index (χ2v) is 5.08. The Bertz CT molecular complexity index is 355. The van der Waals surface area contributed by atoms with Crippen molar-refractivity contribution in [1.29, 1.82) is 0 Å². The van der Waals surface area contributed by atoms with Gasteiger partial charge < -0.3 is 14.8 Å². The first kappa shape index (κ1) is 13.4. The zero-order valence-electron chi connectivity index (χ0n) is 11.4. The Labute approximate surface area is 109 Å². The third-order valence-electron chi connectivity index (χ3n) is 3.36. The van der Waals surface area contributed by atoms with E-state index in [1.165, 1.54) is 12.0 Å². The summed E-state index contributed by atoms with van der Waals surface area (Å²) in [4.78, 5) is 0. The largest absolute Gasteiger partial charge is 0.494 e. The predicted octanol–water partition coefficient (Wildman–Crippen LogP) is 2.74. The Morgan fingerprint density at radius 2 is 2.11 bits per heavy atom. The quantitative estimate of drug-likeness (QED) is 0.841. The maximum Gasteiger partial charge on any atom is 0.119 e. The predicted molar refractivity (Wildman–Crippen MR) is 72.9 cm³/mol. The summed E-state index contributed by atoms with van der Waals surface area (Å²) in [6, 6.07) is 8.26. The van der Waals surface area contributed by atoms with Crippen LogP contribution in [-0.4, -0.2) is 25.4 Å². The molecule has 1 aromatic carbocycles. The van der Waals surface area contributed by atoms with Gasteiger partial charge in [-0.3, -0.25) is 0 Å². The van der Waals surface area contributed by atoms with Gasteiger partial charge >= 0.3 is 0 Å². The zero-order chi connectivity index (χ0) is 12.8. The van der Waals surface area contributed by atoms with Gasteiger partial charge in [0.05, 0.1) is 12.2 Å². The highest BCUT2D eigenvalue weighted by Crippen LogP contribution is 2.24. The van der Waals surface area contributed by atoms with E-state index in [4.69, 9.17) is 9.47 Å². The summed E-state index contributed by atoms with van der Waals surface area (Å²) >= 11 is 0. The summed E-state index contributed by atoms with van der Waals surface area (Å²) in [5.74, 6) is 0.937. The fourth-order valence-corrected chi connectivity index (χ4v) is 2.32. The van der Waals surface area contributed by atoms with Crippen LogP contribution in [0.3, 0.4) is 0 Å². The molecule has 1 aromatic rings. The van der Waals surface area contributed by atoms with Gasteiger partial charge in [-0.1, -0.05) is 12.1 Å². The minimum Gasteiger partial charge on any atom is -0.494 e. The van der Waals surface area contributed by atoms with Crippen LogP contribution in [0.4, 0.5) is 0 Å². The van der Waals surface area contributed by atoms with Crippen molar-refractivity contribution >= 4 is 0 Å². The van der Waals surface area contributed by atoms with E-state index in [1.807, 2.05) is 19.1 Å². The fraction of sp³-hybridized carbons (Fsp3) is 0.600. The molecule has 1 saturated heterocycles. The van der Waals surface area contributed by atoms with Gasteiger partial charge in [-0.05, 0) is 44.4 Å². The lowest BCUT2D eigenvalue weighted by Gasteiger charge is -2.23. The molecule has 100 valence electrons. The lowest BCUT2D eigenvalue weighted by molar-refractivity contribution is 0.0207. The second kappa shape index (κ2) is 6.21. The molecule has 0 amide bonds. The van der Waals surface area contributed by atoms with Crippen molar-refractivity contribution in [3.63, 3.8) is 0 Å². The van der Waals surface area contributed by atoms with Gasteiger partial charge in [-0.2, -0.15) is 0 Å². The van der Waals surface area contributed by atoms with Crippen molar-refractivity contribution in [3.05, 3.63) is 29.8 Å². The molecule has 0 radical (unpaired) electrons. The van der Waals surface area contributed by atoms with E-state index in [0.717, 1.165) is 31.9 Å². The highest BCUT2D eigenvalue weighted by molar-refractivity contribution is 5.27. The van der Waals surface area contributed by atoms with Crippen LogP contribution in [0.5, 0.6) is 5.75 Å². The van der Waals surface area contributed by atoms with Gasteiger partial charge in [0.2, 0.25) is 0 Å². The van der Waals surface area contributed by atoms with E-state index in [1.54, 1.807) is 0 Å². The molecule has 1 heterocycles. The Morgan fingerprint density at radius 3 is 2.72 bits per heavy atom. The SMILES string of the molecule is CCOc1ccc(CNCC2(C)CCCO2)cc1. The van der Waals surface area contributed by atoms with Crippen LogP contribution in [0.2, 0.25) is 0 Å². The molecular formula is C15H23NO2. The summed E-state index contributed by atoms with van der Waals surface area (Å²) in [5, 5.41) is 3.47. The average molecular weight is 249 g/mol. The summed E-state index contributed by atoms with van der Waals surface area (Å²) in [6.07, 6.45) is 2.34. The van der Waals surface area contributed by atoms with Crippen molar-refractivity contribution in [3.8, 4) is 5.75 Å². The van der Waals surface area contributed by atoms with E-state index in [9.17, 15) is 0 Å². The van der Waals surface area contributed by atoms with Gasteiger partial charge in [0.1, 0.15) is 5.75 Å². The van der Waals surface area contributed by atoms with Crippen molar-refractivity contribution < 1.29 is 9.47 Å². The molecule has 3 nitrogen and oxygen atoms in total. The van der Waals surface area contributed by atoms with Gasteiger partial charge in [-0.15, -0.1) is 0 Å². The minimum absolute atomic E-state index is 0.0330. The van der Waals surface area contributed by atoms with Gasteiger partial charge in [0, 0.05) is 19.7 Å². The van der Waals surface area contributed by atoms with Crippen LogP contribution in [0.15, 0.2) is 24.3 Å². The number of benzene rings is 1. The fourth-order valence-electron chi connectivity index (χ4n) is 2.32. The first-order chi connectivity index (χ1) is 8.72. The van der Waals surface area contributed by atoms with E-state index in [2.05, 4.69) is 24.4 Å². The van der Waals surface area contributed by atoms with Crippen LogP contribution >= 0.6 is 0 Å². The molecule has 1 aliphatic heterocycles. The topological polar surface area (TPSA) is 30.5 Å². The third kappa shape index (κ3) is 3.72. The first-order valence-corrected chi connectivity index (χ1v) is 6.78. The van der Waals surface area contributed by atoms with Crippen molar-refractivity contribution in [2.24, 2.45) is 0 Å². The molecule has 1 unspecified atom stereocenters. The number of rotatable bonds is 6. The molecule has 1 N–H and O–H groups in total. The molecule has 1 fully saturated rings. The van der Waals surface area contributed by atoms with Crippen molar-refractivity contribution in [2.45, 2.75) is 38.8 Å². The van der Waals surface area contributed by atoms with Crippen molar-refractivity contribution in [2.75, 3.05) is 19.8 Å². The van der Waals surface area contributed by atoms with Gasteiger partial charge in [0.15, 0.2) is 0 Å². The van der Waals surface area contributed by atoms with Crippen LogP contribution in [0, 0.1) is 0 Å². The molecule has 1 atom stereocenters. The highest BCUT2D eigenvalue weighted by Gasteiger charge is 2.28. The molecule has 0 spiro atoms. The summed E-state index contributed by atoms with van der Waals surface area (Å²) in [5.41, 5.74) is 1.31. The van der Waals surface area contributed by atoms with E-state index in [0.29, 0.717) is 6.61 Å². The molecule has 0 bridgehead atoms. The lowest BCUT2D eigenvalue weighted by atomic mass is 10.0. The third-order valence-corrected chi connectivity index (χ3v) is 3.36. The molecular weight excluding hydrogens is 226 g/mol. The molecule has 3 heteroatoms. The Balaban J connectivity index is 1.76. The first-order valence-electron chi connectivity index (χ1n) is 6.78. The maximum absolute atomic E-state index is 5.75. The monoisotopic (exact) mass is 249 g/mol. The molecule has 2 rings (SSSR count). The zero-order valence-corrected chi connectivity index (χ0v) is 11.4. The average Bonchev–Trinajstić information content (AvgIpc) is 2.79. The Morgan fingerprint density at radius 1 is 1.33 bits per heavy atom. The van der Waals surface area contributed by atoms with Crippen LogP contribution in [-0.2, 0) is 11.3 Å². The summed E-state index contributed by atoms with van der Waals surface area (Å²) in [6.45, 7) is 7.60. The minimum atomic E-state index is 0.0330. The smallest absolute Gasteiger partial charge is 0.119 e. The molecule has 0 aromatic heterocycles. The lowest BCUT2D eigenvalue weighted by Crippen LogP contribution is -2.36. The number of hydrogen-bond donors (Lipinski definition) is 1. The summed E-state index contributed by atoms with van der Waals surface area (Å²) < 4.78 is 11.2. The van der Waals surface area contributed by atoms with Crippen molar-refractivity contribution in [1.82, 2.24) is 5.32 Å². The molecule has 18 heavy (non-hydrogen) atoms. The number of nitrogens with one attached hydrogen (secondary N) is 1. The van der Waals surface area contributed by atoms with Crippen LogP contribution < -0.4 is 10.1 Å².